The predicted molar refractivity (Wildman–Crippen MR) is 140 cm³/mol. The van der Waals surface area contributed by atoms with Crippen molar-refractivity contribution < 1.29 is 14.7 Å². The summed E-state index contributed by atoms with van der Waals surface area (Å²) in [6, 6.07) is 4.46. The summed E-state index contributed by atoms with van der Waals surface area (Å²) in [6.45, 7) is 4.78. The molecule has 0 bridgehead atoms. The molecule has 0 aliphatic carbocycles. The Kier molecular flexibility index (Phi) is 21.4. The summed E-state index contributed by atoms with van der Waals surface area (Å²) in [6.07, 6.45) is 10.2. The monoisotopic (exact) mass is 506 g/mol. The van der Waals surface area contributed by atoms with Gasteiger partial charge in [0.25, 0.3) is 0 Å². The Hall–Kier alpha value is -1.54. The van der Waals surface area contributed by atoms with Crippen LogP contribution in [0, 0.1) is 0 Å². The first-order valence-electron chi connectivity index (χ1n) is 11.8. The average molecular weight is 508 g/mol. The molecular formula is C24H44Cl2N4O3. The maximum atomic E-state index is 11.9. The molecule has 7 nitrogen and oxygen atoms in total. The molecule has 33 heavy (non-hydrogen) atoms. The first-order chi connectivity index (χ1) is 15.0. The Morgan fingerprint density at radius 3 is 2.24 bits per heavy atom. The number of amides is 2. The van der Waals surface area contributed by atoms with Crippen molar-refractivity contribution in [2.24, 2.45) is 11.5 Å². The molecule has 0 radical (unpaired) electrons. The molecule has 0 aromatic heterocycles. The zero-order chi connectivity index (χ0) is 22.9. The molecule has 9 heteroatoms. The maximum absolute atomic E-state index is 11.9. The molecule has 0 heterocycles. The lowest BCUT2D eigenvalue weighted by atomic mass is 9.95. The quantitative estimate of drug-likeness (QED) is 0.195. The minimum Gasteiger partial charge on any atom is -0.508 e. The van der Waals surface area contributed by atoms with Crippen molar-refractivity contribution in [3.05, 3.63) is 29.3 Å². The second-order valence-electron chi connectivity index (χ2n) is 8.19. The largest absolute Gasteiger partial charge is 0.508 e. The fourth-order valence-electron chi connectivity index (χ4n) is 3.60. The molecule has 1 atom stereocenters. The van der Waals surface area contributed by atoms with Gasteiger partial charge in [-0.3, -0.25) is 9.59 Å². The van der Waals surface area contributed by atoms with Gasteiger partial charge in [-0.05, 0) is 81.4 Å². The van der Waals surface area contributed by atoms with Gasteiger partial charge in [-0.25, -0.2) is 0 Å². The average Bonchev–Trinajstić information content (AvgIpc) is 2.73. The maximum Gasteiger partial charge on any atom is 0.240 e. The van der Waals surface area contributed by atoms with Gasteiger partial charge in [-0.1, -0.05) is 32.3 Å². The van der Waals surface area contributed by atoms with Crippen LogP contribution in [0.15, 0.2) is 18.2 Å². The zero-order valence-corrected chi connectivity index (χ0v) is 21.6. The van der Waals surface area contributed by atoms with Crippen LogP contribution in [0.5, 0.6) is 5.75 Å². The van der Waals surface area contributed by atoms with Crippen LogP contribution in [0.25, 0.3) is 0 Å². The molecule has 192 valence electrons. The summed E-state index contributed by atoms with van der Waals surface area (Å²) in [7, 11) is 0. The fourth-order valence-corrected chi connectivity index (χ4v) is 3.60. The van der Waals surface area contributed by atoms with Crippen LogP contribution in [0.4, 0.5) is 0 Å². The van der Waals surface area contributed by atoms with Crippen LogP contribution in [0.1, 0.15) is 75.8 Å². The molecule has 7 N–H and O–H groups in total. The van der Waals surface area contributed by atoms with Crippen LogP contribution >= 0.6 is 24.8 Å². The molecule has 0 spiro atoms. The molecular weight excluding hydrogens is 463 g/mol. The summed E-state index contributed by atoms with van der Waals surface area (Å²) in [5.74, 6) is -0.495. The van der Waals surface area contributed by atoms with Crippen molar-refractivity contribution in [2.45, 2.75) is 83.6 Å². The lowest BCUT2D eigenvalue weighted by Gasteiger charge is -2.18. The van der Waals surface area contributed by atoms with Crippen LogP contribution < -0.4 is 22.1 Å². The number of hydrogen-bond acceptors (Lipinski definition) is 5. The number of aryl methyl sites for hydroxylation is 1. The summed E-state index contributed by atoms with van der Waals surface area (Å²) in [5, 5.41) is 16.1. The summed E-state index contributed by atoms with van der Waals surface area (Å²) >= 11 is 0. The Morgan fingerprint density at radius 1 is 0.970 bits per heavy atom. The number of primary amides is 1. The standard InChI is InChI=1S/C24H42N4O3.2ClH/c1-2-10-23(30)28-22(24(26)31)18-20-12-13-21(29)17-19(20)11-6-4-3-5-8-15-27-16-9-7-14-25;;/h12-13,17,22,27,29H,2-11,14-16,18,25H2,1H3,(H2,26,31)(H,28,30);2*1H. The molecule has 1 aromatic carbocycles. The van der Waals surface area contributed by atoms with Gasteiger partial charge in [-0.15, -0.1) is 24.8 Å². The summed E-state index contributed by atoms with van der Waals surface area (Å²) < 4.78 is 0. The van der Waals surface area contributed by atoms with Crippen molar-refractivity contribution in [2.75, 3.05) is 19.6 Å². The number of phenolic OH excluding ortho intramolecular Hbond substituents is 1. The van der Waals surface area contributed by atoms with Gasteiger partial charge in [0.2, 0.25) is 11.8 Å². The van der Waals surface area contributed by atoms with E-state index in [9.17, 15) is 14.7 Å². The molecule has 0 fully saturated rings. The number of nitrogens with one attached hydrogen (secondary N) is 2. The molecule has 0 saturated heterocycles. The van der Waals surface area contributed by atoms with Crippen molar-refractivity contribution in [3.8, 4) is 5.75 Å². The van der Waals surface area contributed by atoms with E-state index in [-0.39, 0.29) is 36.5 Å². The molecule has 1 rings (SSSR count). The third kappa shape index (κ3) is 15.8. The normalized spacial score (nSPS) is 11.2. The number of benzene rings is 1. The van der Waals surface area contributed by atoms with E-state index in [2.05, 4.69) is 10.6 Å². The second-order valence-corrected chi connectivity index (χ2v) is 8.19. The molecule has 0 aliphatic heterocycles. The number of aromatic hydroxyl groups is 1. The Morgan fingerprint density at radius 2 is 1.61 bits per heavy atom. The fraction of sp³-hybridized carbons (Fsp3) is 0.667. The van der Waals surface area contributed by atoms with Gasteiger partial charge in [0.1, 0.15) is 11.8 Å². The van der Waals surface area contributed by atoms with Crippen LogP contribution in [0.3, 0.4) is 0 Å². The first-order valence-corrected chi connectivity index (χ1v) is 11.8. The van der Waals surface area contributed by atoms with E-state index in [4.69, 9.17) is 11.5 Å². The number of nitrogens with two attached hydrogens (primary N) is 2. The highest BCUT2D eigenvalue weighted by atomic mass is 35.5. The third-order valence-electron chi connectivity index (χ3n) is 5.38. The van der Waals surface area contributed by atoms with Gasteiger partial charge in [-0.2, -0.15) is 0 Å². The minimum atomic E-state index is -0.736. The van der Waals surface area contributed by atoms with E-state index in [1.54, 1.807) is 12.1 Å². The molecule has 2 amide bonds. The van der Waals surface area contributed by atoms with Crippen molar-refractivity contribution >= 4 is 36.6 Å². The molecule has 1 aromatic rings. The number of rotatable bonds is 18. The second kappa shape index (κ2) is 21.0. The van der Waals surface area contributed by atoms with Gasteiger partial charge in [0.05, 0.1) is 0 Å². The number of carbonyl (C=O) groups is 2. The lowest BCUT2D eigenvalue weighted by molar-refractivity contribution is -0.127. The Labute approximate surface area is 211 Å². The van der Waals surface area contributed by atoms with Crippen molar-refractivity contribution in [1.29, 1.82) is 0 Å². The number of unbranched alkanes of at least 4 members (excludes halogenated alkanes) is 5. The first kappa shape index (κ1) is 33.6. The van der Waals surface area contributed by atoms with Gasteiger partial charge in [0.15, 0.2) is 0 Å². The molecule has 0 saturated carbocycles. The smallest absolute Gasteiger partial charge is 0.240 e. The minimum absolute atomic E-state index is 0. The number of hydrogen-bond donors (Lipinski definition) is 5. The van der Waals surface area contributed by atoms with E-state index in [1.807, 2.05) is 13.0 Å². The van der Waals surface area contributed by atoms with Crippen LogP contribution in [-0.4, -0.2) is 42.6 Å². The summed E-state index contributed by atoms with van der Waals surface area (Å²) in [4.78, 5) is 23.7. The highest BCUT2D eigenvalue weighted by Crippen LogP contribution is 2.21. The highest BCUT2D eigenvalue weighted by Gasteiger charge is 2.19. The van der Waals surface area contributed by atoms with E-state index in [0.29, 0.717) is 19.3 Å². The number of carbonyl (C=O) groups excluding carboxylic acids is 2. The number of phenols is 1. The lowest BCUT2D eigenvalue weighted by Crippen LogP contribution is -2.45. The molecule has 1 unspecified atom stereocenters. The Balaban J connectivity index is 0. The van der Waals surface area contributed by atoms with E-state index in [1.165, 1.54) is 19.3 Å². The van der Waals surface area contributed by atoms with Crippen molar-refractivity contribution in [3.63, 3.8) is 0 Å². The van der Waals surface area contributed by atoms with Gasteiger partial charge >= 0.3 is 0 Å². The Bertz CT molecular complexity index is 663. The van der Waals surface area contributed by atoms with Gasteiger partial charge < -0.3 is 27.2 Å². The SMILES string of the molecule is CCCC(=O)NC(Cc1ccc(O)cc1CCCCCCCNCCCCN)C(N)=O.Cl.Cl. The molecule has 0 aliphatic rings. The summed E-state index contributed by atoms with van der Waals surface area (Å²) in [5.41, 5.74) is 12.9. The topological polar surface area (TPSA) is 130 Å². The highest BCUT2D eigenvalue weighted by molar-refractivity contribution is 5.86. The van der Waals surface area contributed by atoms with E-state index in [0.717, 1.165) is 62.9 Å². The van der Waals surface area contributed by atoms with Crippen LogP contribution in [-0.2, 0) is 22.4 Å². The number of halogens is 2. The third-order valence-corrected chi connectivity index (χ3v) is 5.38. The van der Waals surface area contributed by atoms with E-state index >= 15 is 0 Å². The van der Waals surface area contributed by atoms with Gasteiger partial charge in [0, 0.05) is 12.8 Å². The van der Waals surface area contributed by atoms with Crippen molar-refractivity contribution in [1.82, 2.24) is 10.6 Å². The van der Waals surface area contributed by atoms with Crippen LogP contribution in [0.2, 0.25) is 0 Å². The van der Waals surface area contributed by atoms with E-state index < -0.39 is 11.9 Å². The predicted octanol–water partition coefficient (Wildman–Crippen LogP) is 3.37. The zero-order valence-electron chi connectivity index (χ0n) is 19.9.